The fraction of sp³-hybridized carbons (Fsp3) is 0.333. The summed E-state index contributed by atoms with van der Waals surface area (Å²) in [5, 5.41) is 36.0. The van der Waals surface area contributed by atoms with Gasteiger partial charge in [0.1, 0.15) is 17.2 Å². The highest BCUT2D eigenvalue weighted by molar-refractivity contribution is 7.19. The summed E-state index contributed by atoms with van der Waals surface area (Å²) in [6.07, 6.45) is -1.28. The molecule has 1 aromatic carbocycles. The smallest absolute Gasteiger partial charge is 0.291 e. The second-order valence-electron chi connectivity index (χ2n) is 7.94. The molecule has 1 amide bonds. The maximum atomic E-state index is 12.1. The number of ether oxygens (including phenoxy) is 2. The number of nitrogens with one attached hydrogen (secondary N) is 1. The Balaban J connectivity index is 1.39. The van der Waals surface area contributed by atoms with E-state index in [1.165, 1.54) is 17.6 Å². The van der Waals surface area contributed by atoms with Crippen LogP contribution in [0.25, 0.3) is 15.5 Å². The Labute approximate surface area is 191 Å². The standard InChI is InChI=1S/C21H21N5O6S/c1-21(2)31-15(13(28)10-27)16(32-21)17-23-24-20-26(17)25-19(33-20)11-5-7-12(8-6-11)22-18(29)14-4-3-9-30-14/h3-9,13,15-16,27-28H,10H2,1-2H3,(H,22,29)/t13-,15-,16+/m1/s1. The Hall–Kier alpha value is -3.16. The number of hydrogen-bond acceptors (Lipinski definition) is 10. The minimum absolute atomic E-state index is 0.228. The van der Waals surface area contributed by atoms with Crippen molar-refractivity contribution < 1.29 is 28.9 Å². The molecule has 0 aliphatic carbocycles. The Bertz CT molecular complexity index is 1270. The second-order valence-corrected chi connectivity index (χ2v) is 8.90. The van der Waals surface area contributed by atoms with Gasteiger partial charge in [0.25, 0.3) is 5.91 Å². The van der Waals surface area contributed by atoms with Gasteiger partial charge in [0.2, 0.25) is 4.96 Å². The Morgan fingerprint density at radius 3 is 2.73 bits per heavy atom. The zero-order valence-corrected chi connectivity index (χ0v) is 18.5. The topological polar surface area (TPSA) is 144 Å². The zero-order valence-electron chi connectivity index (χ0n) is 17.7. The van der Waals surface area contributed by atoms with Crippen molar-refractivity contribution >= 4 is 27.9 Å². The lowest BCUT2D eigenvalue weighted by atomic mass is 10.1. The molecule has 1 saturated heterocycles. The molecule has 4 aromatic rings. The van der Waals surface area contributed by atoms with Crippen molar-refractivity contribution in [2.75, 3.05) is 11.9 Å². The average molecular weight is 471 g/mol. The van der Waals surface area contributed by atoms with E-state index in [1.807, 2.05) is 12.1 Å². The quantitative estimate of drug-likeness (QED) is 0.385. The number of carbonyl (C=O) groups excluding carboxylic acids is 1. The molecule has 3 N–H and O–H groups in total. The van der Waals surface area contributed by atoms with Crippen LogP contribution in [0.4, 0.5) is 5.69 Å². The van der Waals surface area contributed by atoms with Crippen LogP contribution in [-0.2, 0) is 9.47 Å². The predicted molar refractivity (Wildman–Crippen MR) is 117 cm³/mol. The van der Waals surface area contributed by atoms with E-state index in [4.69, 9.17) is 13.9 Å². The molecule has 3 aromatic heterocycles. The number of aliphatic hydroxyl groups excluding tert-OH is 2. The maximum absolute atomic E-state index is 12.1. The summed E-state index contributed by atoms with van der Waals surface area (Å²) in [7, 11) is 0. The number of amides is 1. The van der Waals surface area contributed by atoms with Crippen molar-refractivity contribution in [1.82, 2.24) is 19.8 Å². The van der Waals surface area contributed by atoms with Gasteiger partial charge >= 0.3 is 0 Å². The SMILES string of the molecule is CC1(C)O[C@H]([C@H](O)CO)[C@@H](c2nnc3sc(-c4ccc(NC(=O)c5ccco5)cc4)nn23)O1. The van der Waals surface area contributed by atoms with E-state index in [1.54, 1.807) is 42.6 Å². The van der Waals surface area contributed by atoms with Crippen molar-refractivity contribution in [2.24, 2.45) is 0 Å². The van der Waals surface area contributed by atoms with E-state index >= 15 is 0 Å². The zero-order chi connectivity index (χ0) is 23.2. The number of furan rings is 1. The molecule has 33 heavy (non-hydrogen) atoms. The molecule has 4 heterocycles. The number of fused-ring (bicyclic) bond motifs is 1. The molecular weight excluding hydrogens is 450 g/mol. The molecule has 12 heteroatoms. The molecule has 1 aliphatic heterocycles. The number of carbonyl (C=O) groups is 1. The van der Waals surface area contributed by atoms with Gasteiger partial charge in [-0.15, -0.1) is 10.2 Å². The Morgan fingerprint density at radius 2 is 2.03 bits per heavy atom. The molecule has 1 aliphatic rings. The summed E-state index contributed by atoms with van der Waals surface area (Å²) in [4.78, 5) is 12.7. The number of aromatic nitrogens is 4. The van der Waals surface area contributed by atoms with Crippen LogP contribution in [0, 0.1) is 0 Å². The third-order valence-electron chi connectivity index (χ3n) is 5.10. The highest BCUT2D eigenvalue weighted by atomic mass is 32.1. The summed E-state index contributed by atoms with van der Waals surface area (Å²) in [5.41, 5.74) is 1.44. The van der Waals surface area contributed by atoms with Gasteiger partial charge in [-0.05, 0) is 50.2 Å². The van der Waals surface area contributed by atoms with Crippen molar-refractivity contribution in [1.29, 1.82) is 0 Å². The van der Waals surface area contributed by atoms with E-state index in [2.05, 4.69) is 20.6 Å². The fourth-order valence-corrected chi connectivity index (χ4v) is 4.45. The van der Waals surface area contributed by atoms with Crippen molar-refractivity contribution in [3.8, 4) is 10.6 Å². The number of nitrogens with zero attached hydrogens (tertiary/aromatic N) is 4. The van der Waals surface area contributed by atoms with Gasteiger partial charge in [-0.2, -0.15) is 9.61 Å². The third kappa shape index (κ3) is 4.14. The summed E-state index contributed by atoms with van der Waals surface area (Å²) in [6.45, 7) is 2.97. The second kappa shape index (κ2) is 8.32. The van der Waals surface area contributed by atoms with Crippen LogP contribution < -0.4 is 5.32 Å². The maximum Gasteiger partial charge on any atom is 0.291 e. The summed E-state index contributed by atoms with van der Waals surface area (Å²) < 4.78 is 18.4. The molecule has 1 fully saturated rings. The first-order valence-corrected chi connectivity index (χ1v) is 11.0. The van der Waals surface area contributed by atoms with Gasteiger partial charge in [0, 0.05) is 11.3 Å². The number of aliphatic hydroxyl groups is 2. The van der Waals surface area contributed by atoms with Crippen LogP contribution in [0.15, 0.2) is 47.1 Å². The average Bonchev–Trinajstić information content (AvgIpc) is 3.57. The lowest BCUT2D eigenvalue weighted by molar-refractivity contribution is -0.158. The molecule has 3 atom stereocenters. The Morgan fingerprint density at radius 1 is 1.24 bits per heavy atom. The number of hydrogen-bond donors (Lipinski definition) is 3. The predicted octanol–water partition coefficient (Wildman–Crippen LogP) is 2.24. The normalized spacial score (nSPS) is 20.8. The monoisotopic (exact) mass is 471 g/mol. The van der Waals surface area contributed by atoms with Crippen molar-refractivity contribution in [3.63, 3.8) is 0 Å². The molecular formula is C21H21N5O6S. The minimum atomic E-state index is -1.15. The third-order valence-corrected chi connectivity index (χ3v) is 6.05. The van der Waals surface area contributed by atoms with Gasteiger partial charge in [0.05, 0.1) is 12.9 Å². The highest BCUT2D eigenvalue weighted by Gasteiger charge is 2.47. The molecule has 0 saturated carbocycles. The summed E-state index contributed by atoms with van der Waals surface area (Å²) in [6, 6.07) is 10.4. The molecule has 11 nitrogen and oxygen atoms in total. The van der Waals surface area contributed by atoms with Crippen LogP contribution in [0.3, 0.4) is 0 Å². The van der Waals surface area contributed by atoms with Gasteiger partial charge in [-0.3, -0.25) is 4.79 Å². The summed E-state index contributed by atoms with van der Waals surface area (Å²) in [5.74, 6) is -0.701. The molecule has 0 spiro atoms. The molecule has 0 radical (unpaired) electrons. The van der Waals surface area contributed by atoms with Crippen molar-refractivity contribution in [2.45, 2.75) is 37.9 Å². The van der Waals surface area contributed by atoms with Crippen LogP contribution in [0.2, 0.25) is 0 Å². The Kier molecular flexibility index (Phi) is 5.46. The molecule has 172 valence electrons. The largest absolute Gasteiger partial charge is 0.459 e. The fourth-order valence-electron chi connectivity index (χ4n) is 3.60. The minimum Gasteiger partial charge on any atom is -0.459 e. The van der Waals surface area contributed by atoms with Crippen molar-refractivity contribution in [3.05, 3.63) is 54.2 Å². The first-order valence-electron chi connectivity index (χ1n) is 10.2. The van der Waals surface area contributed by atoms with Gasteiger partial charge in [-0.1, -0.05) is 11.3 Å². The molecule has 0 bridgehead atoms. The lowest BCUT2D eigenvalue weighted by Gasteiger charge is -2.19. The number of anilines is 1. The van der Waals surface area contributed by atoms with Gasteiger partial charge < -0.3 is 29.4 Å². The van der Waals surface area contributed by atoms with E-state index in [0.29, 0.717) is 21.5 Å². The number of rotatable bonds is 6. The van der Waals surface area contributed by atoms with E-state index in [0.717, 1.165) is 5.56 Å². The van der Waals surface area contributed by atoms with E-state index in [9.17, 15) is 15.0 Å². The first-order chi connectivity index (χ1) is 15.8. The van der Waals surface area contributed by atoms with Crippen LogP contribution in [0.1, 0.15) is 36.3 Å². The molecule has 5 rings (SSSR count). The molecule has 0 unspecified atom stereocenters. The van der Waals surface area contributed by atoms with Crippen LogP contribution >= 0.6 is 11.3 Å². The first kappa shape index (κ1) is 21.7. The highest BCUT2D eigenvalue weighted by Crippen LogP contribution is 2.39. The lowest BCUT2D eigenvalue weighted by Crippen LogP contribution is -2.35. The van der Waals surface area contributed by atoms with Gasteiger partial charge in [-0.25, -0.2) is 0 Å². The van der Waals surface area contributed by atoms with Crippen LogP contribution in [0.5, 0.6) is 0 Å². The summed E-state index contributed by atoms with van der Waals surface area (Å²) >= 11 is 1.33. The van der Waals surface area contributed by atoms with E-state index in [-0.39, 0.29) is 11.7 Å². The number of benzene rings is 1. The van der Waals surface area contributed by atoms with Gasteiger partial charge in [0.15, 0.2) is 23.5 Å². The van der Waals surface area contributed by atoms with E-state index < -0.39 is 30.7 Å². The van der Waals surface area contributed by atoms with Crippen LogP contribution in [-0.4, -0.2) is 60.5 Å².